The summed E-state index contributed by atoms with van der Waals surface area (Å²) >= 11 is 0. The van der Waals surface area contributed by atoms with Crippen molar-refractivity contribution in [1.82, 2.24) is 9.78 Å². The van der Waals surface area contributed by atoms with Gasteiger partial charge in [0, 0.05) is 16.7 Å². The lowest BCUT2D eigenvalue weighted by atomic mass is 9.70. The first-order chi connectivity index (χ1) is 13.9. The summed E-state index contributed by atoms with van der Waals surface area (Å²) in [5, 5.41) is 15.8. The predicted molar refractivity (Wildman–Crippen MR) is 115 cm³/mol. The van der Waals surface area contributed by atoms with Crippen LogP contribution < -0.4 is 0 Å². The molecule has 1 unspecified atom stereocenters. The van der Waals surface area contributed by atoms with Gasteiger partial charge in [-0.15, -0.1) is 0 Å². The van der Waals surface area contributed by atoms with Crippen molar-refractivity contribution in [2.24, 2.45) is 5.41 Å². The molecule has 0 aliphatic carbocycles. The van der Waals surface area contributed by atoms with E-state index in [-0.39, 0.29) is 17.5 Å². The van der Waals surface area contributed by atoms with Crippen molar-refractivity contribution in [3.63, 3.8) is 0 Å². The molecule has 1 N–H and O–H groups in total. The molecule has 0 fully saturated rings. The van der Waals surface area contributed by atoms with Crippen molar-refractivity contribution in [3.8, 4) is 5.69 Å². The lowest BCUT2D eigenvalue weighted by Crippen LogP contribution is -2.25. The van der Waals surface area contributed by atoms with Gasteiger partial charge < -0.3 is 5.11 Å². The molecule has 4 heteroatoms. The minimum absolute atomic E-state index is 0.0697. The number of benzene rings is 3. The first-order valence-electron chi connectivity index (χ1n) is 9.55. The SMILES string of the molecule is C=C(O)C(C)(C)C(c1ccccc1)c1ccc2c(cnn2-c2ccc(F)cc2)c1. The fourth-order valence-electron chi connectivity index (χ4n) is 3.86. The second-order valence-corrected chi connectivity index (χ2v) is 7.86. The summed E-state index contributed by atoms with van der Waals surface area (Å²) in [5.74, 6) is -0.196. The minimum Gasteiger partial charge on any atom is -0.512 e. The Morgan fingerprint density at radius 2 is 1.69 bits per heavy atom. The summed E-state index contributed by atoms with van der Waals surface area (Å²) in [6.45, 7) is 7.82. The topological polar surface area (TPSA) is 38.1 Å². The summed E-state index contributed by atoms with van der Waals surface area (Å²) in [7, 11) is 0. The molecular weight excluding hydrogens is 363 g/mol. The fraction of sp³-hybridized carbons (Fsp3) is 0.160. The van der Waals surface area contributed by atoms with Crippen molar-refractivity contribution in [2.45, 2.75) is 19.8 Å². The van der Waals surface area contributed by atoms with Crippen LogP contribution in [0.1, 0.15) is 30.9 Å². The van der Waals surface area contributed by atoms with Crippen molar-refractivity contribution in [1.29, 1.82) is 0 Å². The zero-order valence-electron chi connectivity index (χ0n) is 16.5. The van der Waals surface area contributed by atoms with Gasteiger partial charge in [0.2, 0.25) is 0 Å². The van der Waals surface area contributed by atoms with E-state index in [1.807, 2.05) is 44.3 Å². The molecule has 0 aliphatic heterocycles. The Hall–Kier alpha value is -3.40. The van der Waals surface area contributed by atoms with Crippen LogP contribution in [0.3, 0.4) is 0 Å². The van der Waals surface area contributed by atoms with Crippen molar-refractivity contribution in [3.05, 3.63) is 108 Å². The molecule has 0 radical (unpaired) electrons. The van der Waals surface area contributed by atoms with Gasteiger partial charge in [-0.2, -0.15) is 5.10 Å². The maximum absolute atomic E-state index is 13.3. The molecule has 0 spiro atoms. The van der Waals surface area contributed by atoms with Gasteiger partial charge in [-0.05, 0) is 47.5 Å². The smallest absolute Gasteiger partial charge is 0.123 e. The summed E-state index contributed by atoms with van der Waals surface area (Å²) < 4.78 is 15.1. The molecule has 0 saturated carbocycles. The molecule has 146 valence electrons. The average molecular weight is 386 g/mol. The van der Waals surface area contributed by atoms with E-state index in [0.717, 1.165) is 27.7 Å². The van der Waals surface area contributed by atoms with E-state index < -0.39 is 5.41 Å². The molecule has 0 aliphatic rings. The van der Waals surface area contributed by atoms with E-state index in [1.165, 1.54) is 12.1 Å². The van der Waals surface area contributed by atoms with Gasteiger partial charge in [-0.3, -0.25) is 0 Å². The Morgan fingerprint density at radius 1 is 1.00 bits per heavy atom. The number of aromatic nitrogens is 2. The molecule has 0 saturated heterocycles. The number of aliphatic hydroxyl groups is 1. The van der Waals surface area contributed by atoms with E-state index in [1.54, 1.807) is 16.8 Å². The van der Waals surface area contributed by atoms with Gasteiger partial charge in [0.15, 0.2) is 0 Å². The van der Waals surface area contributed by atoms with Crippen molar-refractivity contribution >= 4 is 10.9 Å². The Balaban J connectivity index is 1.83. The van der Waals surface area contributed by atoms with Crippen molar-refractivity contribution < 1.29 is 9.50 Å². The number of nitrogens with zero attached hydrogens (tertiary/aromatic N) is 2. The van der Waals surface area contributed by atoms with Crippen LogP contribution in [-0.4, -0.2) is 14.9 Å². The molecule has 0 amide bonds. The monoisotopic (exact) mass is 386 g/mol. The van der Waals surface area contributed by atoms with Gasteiger partial charge >= 0.3 is 0 Å². The third-order valence-corrected chi connectivity index (χ3v) is 5.59. The predicted octanol–water partition coefficient (Wildman–Crippen LogP) is 6.39. The van der Waals surface area contributed by atoms with Gasteiger partial charge in [-0.1, -0.05) is 56.8 Å². The highest BCUT2D eigenvalue weighted by Gasteiger charge is 2.35. The van der Waals surface area contributed by atoms with Crippen molar-refractivity contribution in [2.75, 3.05) is 0 Å². The lowest BCUT2D eigenvalue weighted by molar-refractivity contribution is 0.237. The third-order valence-electron chi connectivity index (χ3n) is 5.59. The number of hydrogen-bond acceptors (Lipinski definition) is 2. The van der Waals surface area contributed by atoms with Crippen LogP contribution in [0.2, 0.25) is 0 Å². The molecule has 1 heterocycles. The number of aliphatic hydroxyl groups excluding tert-OH is 1. The zero-order valence-corrected chi connectivity index (χ0v) is 16.5. The van der Waals surface area contributed by atoms with Crippen LogP contribution in [0, 0.1) is 11.2 Å². The molecule has 1 aromatic heterocycles. The minimum atomic E-state index is -0.554. The Morgan fingerprint density at radius 3 is 2.34 bits per heavy atom. The highest BCUT2D eigenvalue weighted by atomic mass is 19.1. The van der Waals surface area contributed by atoms with Crippen LogP contribution in [0.4, 0.5) is 4.39 Å². The molecule has 4 rings (SSSR count). The number of rotatable bonds is 5. The van der Waals surface area contributed by atoms with Crippen LogP contribution in [0.15, 0.2) is 91.3 Å². The van der Waals surface area contributed by atoms with Crippen LogP contribution in [0.25, 0.3) is 16.6 Å². The van der Waals surface area contributed by atoms with Gasteiger partial charge in [0.05, 0.1) is 23.2 Å². The van der Waals surface area contributed by atoms with Crippen LogP contribution >= 0.6 is 0 Å². The summed E-state index contributed by atoms with van der Waals surface area (Å²) in [6, 6.07) is 22.6. The molecule has 0 bridgehead atoms. The highest BCUT2D eigenvalue weighted by Crippen LogP contribution is 2.45. The normalized spacial score (nSPS) is 12.8. The standard InChI is InChI=1S/C25H23FN2O/c1-17(29)25(2,3)24(18-7-5-4-6-8-18)19-9-14-23-20(15-19)16-27-28(23)22-12-10-21(26)11-13-22/h4-16,24,29H,1H2,2-3H3. The van der Waals surface area contributed by atoms with E-state index in [0.29, 0.717) is 0 Å². The fourth-order valence-corrected chi connectivity index (χ4v) is 3.86. The maximum atomic E-state index is 13.3. The number of hydrogen-bond donors (Lipinski definition) is 1. The Bertz CT molecular complexity index is 1160. The summed E-state index contributed by atoms with van der Waals surface area (Å²) in [5.41, 5.74) is 3.37. The van der Waals surface area contributed by atoms with Gasteiger partial charge in [-0.25, -0.2) is 9.07 Å². The molecule has 4 aromatic rings. The molecule has 1 atom stereocenters. The molecule has 29 heavy (non-hydrogen) atoms. The lowest BCUT2D eigenvalue weighted by Gasteiger charge is -2.34. The van der Waals surface area contributed by atoms with E-state index >= 15 is 0 Å². The number of fused-ring (bicyclic) bond motifs is 1. The Labute approximate surface area is 169 Å². The second-order valence-electron chi connectivity index (χ2n) is 7.86. The molecule has 3 aromatic carbocycles. The average Bonchev–Trinajstić information content (AvgIpc) is 3.12. The van der Waals surface area contributed by atoms with E-state index in [9.17, 15) is 9.50 Å². The third kappa shape index (κ3) is 3.42. The highest BCUT2D eigenvalue weighted by molar-refractivity contribution is 5.81. The second kappa shape index (κ2) is 7.21. The van der Waals surface area contributed by atoms with Crippen LogP contribution in [0.5, 0.6) is 0 Å². The number of allylic oxidation sites excluding steroid dienone is 1. The molecular formula is C25H23FN2O. The largest absolute Gasteiger partial charge is 0.512 e. The first-order valence-corrected chi connectivity index (χ1v) is 9.55. The maximum Gasteiger partial charge on any atom is 0.123 e. The van der Waals surface area contributed by atoms with Crippen LogP contribution in [-0.2, 0) is 0 Å². The quantitative estimate of drug-likeness (QED) is 0.403. The van der Waals surface area contributed by atoms with E-state index in [4.69, 9.17) is 0 Å². The first kappa shape index (κ1) is 18.9. The van der Waals surface area contributed by atoms with E-state index in [2.05, 4.69) is 35.9 Å². The molecule has 3 nitrogen and oxygen atoms in total. The summed E-state index contributed by atoms with van der Waals surface area (Å²) in [4.78, 5) is 0. The van der Waals surface area contributed by atoms with Gasteiger partial charge in [0.1, 0.15) is 5.82 Å². The number of halogens is 1. The summed E-state index contributed by atoms with van der Waals surface area (Å²) in [6.07, 6.45) is 1.81. The zero-order chi connectivity index (χ0) is 20.6. The van der Waals surface area contributed by atoms with Gasteiger partial charge in [0.25, 0.3) is 0 Å². The Kier molecular flexibility index (Phi) is 4.71.